The van der Waals surface area contributed by atoms with Crippen LogP contribution in [-0.2, 0) is 0 Å². The quantitative estimate of drug-likeness (QED) is 0.890. The molecule has 0 spiro atoms. The summed E-state index contributed by atoms with van der Waals surface area (Å²) in [6.07, 6.45) is 0. The first-order valence-electron chi connectivity index (χ1n) is 4.85. The molecule has 0 bridgehead atoms. The van der Waals surface area contributed by atoms with Crippen LogP contribution >= 0.6 is 11.3 Å². The van der Waals surface area contributed by atoms with Gasteiger partial charge in [-0.3, -0.25) is 0 Å². The van der Waals surface area contributed by atoms with E-state index in [1.54, 1.807) is 23.5 Å². The first kappa shape index (κ1) is 11.1. The minimum atomic E-state index is -0.382. The van der Waals surface area contributed by atoms with E-state index < -0.39 is 0 Å². The molecule has 2 rings (SSSR count). The van der Waals surface area contributed by atoms with E-state index in [9.17, 15) is 4.39 Å². The van der Waals surface area contributed by atoms with E-state index in [2.05, 4.69) is 0 Å². The van der Waals surface area contributed by atoms with Gasteiger partial charge in [0.25, 0.3) is 0 Å². The highest BCUT2D eigenvalue weighted by Gasteiger charge is 2.17. The van der Waals surface area contributed by atoms with Crippen LogP contribution in [0.1, 0.15) is 16.5 Å². The van der Waals surface area contributed by atoms with Crippen LogP contribution in [0.2, 0.25) is 0 Å². The minimum Gasteiger partial charge on any atom is -0.493 e. The number of hydrogen-bond acceptors (Lipinski definition) is 3. The summed E-state index contributed by atoms with van der Waals surface area (Å²) in [6, 6.07) is 8.30. The van der Waals surface area contributed by atoms with Crippen molar-refractivity contribution in [1.82, 2.24) is 0 Å². The fourth-order valence-corrected chi connectivity index (χ4v) is 2.35. The molecular formula is C12H12FNOS. The van der Waals surface area contributed by atoms with Crippen molar-refractivity contribution in [2.45, 2.75) is 6.04 Å². The highest BCUT2D eigenvalue weighted by molar-refractivity contribution is 7.10. The van der Waals surface area contributed by atoms with Gasteiger partial charge in [0.1, 0.15) is 0 Å². The summed E-state index contributed by atoms with van der Waals surface area (Å²) in [5.41, 5.74) is 6.74. The fraction of sp³-hybridized carbons (Fsp3) is 0.167. The number of nitrogens with two attached hydrogens (primary N) is 1. The maximum absolute atomic E-state index is 13.5. The van der Waals surface area contributed by atoms with E-state index in [0.717, 1.165) is 4.88 Å². The molecule has 0 fully saturated rings. The van der Waals surface area contributed by atoms with Gasteiger partial charge in [0.15, 0.2) is 11.6 Å². The van der Waals surface area contributed by atoms with Crippen molar-refractivity contribution in [2.75, 3.05) is 7.11 Å². The van der Waals surface area contributed by atoms with Gasteiger partial charge in [-0.2, -0.15) is 0 Å². The molecule has 0 unspecified atom stereocenters. The number of ether oxygens (including phenoxy) is 1. The average molecular weight is 237 g/mol. The summed E-state index contributed by atoms with van der Waals surface area (Å²) in [5, 5.41) is 1.95. The van der Waals surface area contributed by atoms with Gasteiger partial charge in [-0.15, -0.1) is 11.3 Å². The molecule has 84 valence electrons. The molecule has 1 aromatic carbocycles. The Balaban J connectivity index is 2.44. The van der Waals surface area contributed by atoms with Crippen molar-refractivity contribution in [3.63, 3.8) is 0 Å². The lowest BCUT2D eigenvalue weighted by Gasteiger charge is -2.14. The van der Waals surface area contributed by atoms with Crippen molar-refractivity contribution < 1.29 is 9.13 Å². The first-order chi connectivity index (χ1) is 7.74. The summed E-state index contributed by atoms with van der Waals surface area (Å²) in [5.74, 6) is -0.157. The molecule has 2 nitrogen and oxygen atoms in total. The average Bonchev–Trinajstić information content (AvgIpc) is 2.81. The maximum atomic E-state index is 13.5. The standard InChI is InChI=1S/C12H12FNOS/c1-15-12-8(4-2-5-9(12)13)11(14)10-6-3-7-16-10/h2-7,11H,14H2,1H3/t11-/m0/s1. The third-order valence-corrected chi connectivity index (χ3v) is 3.34. The lowest BCUT2D eigenvalue weighted by atomic mass is 10.0. The zero-order valence-corrected chi connectivity index (χ0v) is 9.63. The van der Waals surface area contributed by atoms with E-state index in [1.165, 1.54) is 13.2 Å². The van der Waals surface area contributed by atoms with Crippen molar-refractivity contribution in [2.24, 2.45) is 5.73 Å². The van der Waals surface area contributed by atoms with Crippen LogP contribution in [0.5, 0.6) is 5.75 Å². The molecule has 0 amide bonds. The predicted molar refractivity (Wildman–Crippen MR) is 63.3 cm³/mol. The van der Waals surface area contributed by atoms with Crippen molar-refractivity contribution >= 4 is 11.3 Å². The van der Waals surface area contributed by atoms with Crippen LogP contribution in [0.25, 0.3) is 0 Å². The molecule has 4 heteroatoms. The number of benzene rings is 1. The van der Waals surface area contributed by atoms with Gasteiger partial charge in [0.2, 0.25) is 0 Å². The molecule has 2 N–H and O–H groups in total. The Morgan fingerprint density at radius 1 is 1.31 bits per heavy atom. The number of halogens is 1. The first-order valence-corrected chi connectivity index (χ1v) is 5.73. The summed E-state index contributed by atoms with van der Waals surface area (Å²) in [7, 11) is 1.45. The van der Waals surface area contributed by atoms with E-state index >= 15 is 0 Å². The van der Waals surface area contributed by atoms with Gasteiger partial charge < -0.3 is 10.5 Å². The zero-order chi connectivity index (χ0) is 11.5. The van der Waals surface area contributed by atoms with E-state index in [-0.39, 0.29) is 17.6 Å². The van der Waals surface area contributed by atoms with Crippen LogP contribution in [0.15, 0.2) is 35.7 Å². The summed E-state index contributed by atoms with van der Waals surface area (Å²) in [6.45, 7) is 0. The molecule has 16 heavy (non-hydrogen) atoms. The molecule has 0 aliphatic rings. The summed E-state index contributed by atoms with van der Waals surface area (Å²) < 4.78 is 18.5. The second-order valence-electron chi connectivity index (χ2n) is 3.36. The van der Waals surface area contributed by atoms with Gasteiger partial charge >= 0.3 is 0 Å². The molecule has 2 aromatic rings. The number of thiophene rings is 1. The van der Waals surface area contributed by atoms with Crippen LogP contribution in [-0.4, -0.2) is 7.11 Å². The zero-order valence-electron chi connectivity index (χ0n) is 8.81. The van der Waals surface area contributed by atoms with E-state index in [1.807, 2.05) is 17.5 Å². The SMILES string of the molecule is COc1c(F)cccc1[C@H](N)c1cccs1. The third-order valence-electron chi connectivity index (χ3n) is 2.39. The van der Waals surface area contributed by atoms with Crippen molar-refractivity contribution in [3.8, 4) is 5.75 Å². The van der Waals surface area contributed by atoms with E-state index in [0.29, 0.717) is 5.56 Å². The highest BCUT2D eigenvalue weighted by atomic mass is 32.1. The number of methoxy groups -OCH3 is 1. The van der Waals surface area contributed by atoms with Crippen molar-refractivity contribution in [1.29, 1.82) is 0 Å². The van der Waals surface area contributed by atoms with Crippen LogP contribution in [0.3, 0.4) is 0 Å². The second-order valence-corrected chi connectivity index (χ2v) is 4.33. The predicted octanol–water partition coefficient (Wildman–Crippen LogP) is 2.94. The number of rotatable bonds is 3. The molecule has 1 heterocycles. The fourth-order valence-electron chi connectivity index (χ4n) is 1.61. The minimum absolute atomic E-state index is 0.225. The smallest absolute Gasteiger partial charge is 0.165 e. The molecule has 0 radical (unpaired) electrons. The lowest BCUT2D eigenvalue weighted by Crippen LogP contribution is -2.12. The van der Waals surface area contributed by atoms with Crippen molar-refractivity contribution in [3.05, 3.63) is 52.0 Å². The molecule has 1 atom stereocenters. The third kappa shape index (κ3) is 1.94. The Kier molecular flexibility index (Phi) is 3.22. The Hall–Kier alpha value is -1.39. The maximum Gasteiger partial charge on any atom is 0.165 e. The number of hydrogen-bond donors (Lipinski definition) is 1. The molecular weight excluding hydrogens is 225 g/mol. The molecule has 0 aliphatic heterocycles. The van der Waals surface area contributed by atoms with Gasteiger partial charge in [0, 0.05) is 10.4 Å². The highest BCUT2D eigenvalue weighted by Crippen LogP contribution is 2.32. The second kappa shape index (κ2) is 4.63. The topological polar surface area (TPSA) is 35.2 Å². The van der Waals surface area contributed by atoms with Gasteiger partial charge in [-0.25, -0.2) is 4.39 Å². The summed E-state index contributed by atoms with van der Waals surface area (Å²) >= 11 is 1.55. The van der Waals surface area contributed by atoms with Gasteiger partial charge in [-0.1, -0.05) is 18.2 Å². The number of para-hydroxylation sites is 1. The largest absolute Gasteiger partial charge is 0.493 e. The monoisotopic (exact) mass is 237 g/mol. The van der Waals surface area contributed by atoms with Crippen LogP contribution < -0.4 is 10.5 Å². The summed E-state index contributed by atoms with van der Waals surface area (Å²) in [4.78, 5) is 0.990. The molecule has 1 aromatic heterocycles. The molecule has 0 saturated heterocycles. The molecule has 0 saturated carbocycles. The van der Waals surface area contributed by atoms with Gasteiger partial charge in [-0.05, 0) is 17.5 Å². The normalized spacial score (nSPS) is 12.4. The van der Waals surface area contributed by atoms with Crippen LogP contribution in [0, 0.1) is 5.82 Å². The lowest BCUT2D eigenvalue weighted by molar-refractivity contribution is 0.380. The Morgan fingerprint density at radius 3 is 2.75 bits per heavy atom. The Labute approximate surface area is 97.5 Å². The molecule has 0 aliphatic carbocycles. The van der Waals surface area contributed by atoms with Gasteiger partial charge in [0.05, 0.1) is 13.2 Å². The Morgan fingerprint density at radius 2 is 2.12 bits per heavy atom. The van der Waals surface area contributed by atoms with E-state index in [4.69, 9.17) is 10.5 Å². The Bertz CT molecular complexity index is 470. The van der Waals surface area contributed by atoms with Crippen LogP contribution in [0.4, 0.5) is 4.39 Å².